The summed E-state index contributed by atoms with van der Waals surface area (Å²) in [5.74, 6) is 0.150. The molecule has 0 fully saturated rings. The largest absolute Gasteiger partial charge is 0.416 e. The fraction of sp³-hybridized carbons (Fsp3) is 0.234. The van der Waals surface area contributed by atoms with Crippen LogP contribution in [-0.2, 0) is 62.4 Å². The normalized spacial score (nSPS) is 13.4. The molecule has 0 spiro atoms. The molecule has 0 saturated heterocycles. The van der Waals surface area contributed by atoms with E-state index in [9.17, 15) is 110 Å². The number of hydrogen-bond donors (Lipinski definition) is 0. The molecule has 2 nitrogen and oxygen atoms in total. The van der Waals surface area contributed by atoms with Gasteiger partial charge in [0.05, 0.1) is 44.5 Å². The molecule has 6 rings (SSSR count). The minimum Gasteiger partial charge on any atom is -0.287 e. The van der Waals surface area contributed by atoms with Gasteiger partial charge in [-0.1, -0.05) is 91.9 Å². The van der Waals surface area contributed by atoms with E-state index in [0.29, 0.717) is 6.54 Å². The summed E-state index contributed by atoms with van der Waals surface area (Å²) in [7, 11) is 0. The molecule has 1 aromatic heterocycles. The van der Waals surface area contributed by atoms with Gasteiger partial charge in [-0.25, -0.2) is 0 Å². The summed E-state index contributed by atoms with van der Waals surface area (Å²) in [5, 5.41) is 0. The van der Waals surface area contributed by atoms with E-state index >= 15 is 0 Å². The van der Waals surface area contributed by atoms with Crippen molar-refractivity contribution >= 4 is 33.8 Å². The number of ketones is 1. The molecule has 0 bridgehead atoms. The van der Waals surface area contributed by atoms with Gasteiger partial charge >= 0.3 is 49.4 Å². The molecular weight excluding hydrogens is 1060 g/mol. The first kappa shape index (κ1) is 58.2. The predicted molar refractivity (Wildman–Crippen MR) is 217 cm³/mol. The van der Waals surface area contributed by atoms with Crippen molar-refractivity contribution in [3.05, 3.63) is 183 Å². The summed E-state index contributed by atoms with van der Waals surface area (Å²) in [6.45, 7) is 2.51. The minimum atomic E-state index is -6.13. The van der Waals surface area contributed by atoms with Crippen LogP contribution in [0, 0.1) is 0 Å². The second-order valence-corrected chi connectivity index (χ2v) is 16.2. The number of rotatable bonds is 8. The molecule has 27 heteroatoms. The molecule has 0 radical (unpaired) electrons. The highest BCUT2D eigenvalue weighted by molar-refractivity contribution is 7.20. The number of pyridine rings is 1. The highest BCUT2D eigenvalue weighted by Gasteiger charge is 2.47. The lowest BCUT2D eigenvalue weighted by Gasteiger charge is -2.46. The van der Waals surface area contributed by atoms with Crippen molar-refractivity contribution in [3.8, 4) is 0 Å². The van der Waals surface area contributed by atoms with Crippen molar-refractivity contribution in [2.75, 3.05) is 0 Å². The van der Waals surface area contributed by atoms with Gasteiger partial charge in [0.15, 0.2) is 11.9 Å². The van der Waals surface area contributed by atoms with E-state index in [1.54, 1.807) is 0 Å². The Kier molecular flexibility index (Phi) is 15.9. The Bertz CT molecular complexity index is 2540. The number of nitrogens with zero attached hydrogens (tertiary/aromatic N) is 1. The van der Waals surface area contributed by atoms with Crippen LogP contribution in [0.25, 0.3) is 0 Å². The minimum absolute atomic E-state index is 0.150. The Morgan fingerprint density at radius 2 is 0.608 bits per heavy atom. The number of hydrogen-bond acceptors (Lipinski definition) is 1. The van der Waals surface area contributed by atoms with Crippen LogP contribution in [0.5, 0.6) is 0 Å². The number of aromatic nitrogens is 1. The number of alkyl halides is 24. The summed E-state index contributed by atoms with van der Waals surface area (Å²) in [5.41, 5.74) is -28.3. The second-order valence-electron chi connectivity index (χ2n) is 16.2. The topological polar surface area (TPSA) is 20.9 Å². The average molecular weight is 1090 g/mol. The molecule has 0 aliphatic carbocycles. The lowest BCUT2D eigenvalue weighted by Crippen LogP contribution is -2.75. The number of halogens is 24. The number of carbonyl (C=O) groups excluding carboxylic acids is 1. The van der Waals surface area contributed by atoms with Crippen LogP contribution in [0.1, 0.15) is 67.5 Å². The molecule has 0 aliphatic heterocycles. The van der Waals surface area contributed by atoms with E-state index in [1.165, 1.54) is 5.69 Å². The van der Waals surface area contributed by atoms with Gasteiger partial charge in [0.1, 0.15) is 6.15 Å². The molecule has 1 heterocycles. The molecule has 0 unspecified atom stereocenters. The van der Waals surface area contributed by atoms with E-state index < -0.39 is 195 Å². The molecule has 398 valence electrons. The quantitative estimate of drug-likeness (QED) is 0.0644. The summed E-state index contributed by atoms with van der Waals surface area (Å²) in [4.78, 5) is 12.1. The third-order valence-corrected chi connectivity index (χ3v) is 11.2. The second kappa shape index (κ2) is 20.2. The van der Waals surface area contributed by atoms with Gasteiger partial charge in [0, 0.05) is 24.1 Å². The number of Topliss-reactive ketones (excluding diaryl/α,β-unsaturated/α-hetero) is 1. The lowest BCUT2D eigenvalue weighted by molar-refractivity contribution is -0.690. The molecule has 5 aromatic carbocycles. The standard InChI is InChI=1S/C32H12BF24.C15H16NO/c34-25(35,36)13-1-14(26(37,38)39)6-21(5-13)33(22-7-15(27(40,41)42)2-16(8-22)28(43,44)45,23-9-17(29(46,47)48)3-18(10-23)30(49,50)51)24-11-19(31(52,53)54)4-20(12-24)32(55,56)57;1-2-14-10-6-7-11-16(14)12-15(17)13-8-4-3-5-9-13/h1-12H;3-11H,2,12H2,1H3/q-1;+1. The Labute approximate surface area is 400 Å². The molecule has 6 aromatic rings. The van der Waals surface area contributed by atoms with Crippen LogP contribution < -0.4 is 26.4 Å². The molecule has 0 amide bonds. The van der Waals surface area contributed by atoms with Crippen molar-refractivity contribution in [2.24, 2.45) is 0 Å². The zero-order valence-corrected chi connectivity index (χ0v) is 36.5. The number of benzene rings is 5. The Morgan fingerprint density at radius 3 is 0.838 bits per heavy atom. The fourth-order valence-electron chi connectivity index (χ4n) is 7.93. The molecule has 0 saturated carbocycles. The van der Waals surface area contributed by atoms with E-state index in [2.05, 4.69) is 13.0 Å². The first-order chi connectivity index (χ1) is 33.6. The Morgan fingerprint density at radius 1 is 0.365 bits per heavy atom. The summed E-state index contributed by atoms with van der Waals surface area (Å²) < 4.78 is 343. The first-order valence-electron chi connectivity index (χ1n) is 20.5. The third kappa shape index (κ3) is 13.3. The van der Waals surface area contributed by atoms with E-state index in [1.807, 2.05) is 53.2 Å². The van der Waals surface area contributed by atoms with Crippen LogP contribution in [0.3, 0.4) is 0 Å². The number of carbonyl (C=O) groups is 1. The maximum atomic E-state index is 14.2. The summed E-state index contributed by atoms with van der Waals surface area (Å²) in [6.07, 6.45) is -51.9. The Hall–Kier alpha value is -6.70. The van der Waals surface area contributed by atoms with Crippen molar-refractivity contribution in [2.45, 2.75) is 69.3 Å². The highest BCUT2D eigenvalue weighted by atomic mass is 19.4. The van der Waals surface area contributed by atoms with Crippen molar-refractivity contribution in [3.63, 3.8) is 0 Å². The van der Waals surface area contributed by atoms with E-state index in [-0.39, 0.29) is 5.78 Å². The van der Waals surface area contributed by atoms with Gasteiger partial charge in [-0.3, -0.25) is 4.79 Å². The summed E-state index contributed by atoms with van der Waals surface area (Å²) in [6, 6.07) is 6.62. The van der Waals surface area contributed by atoms with Gasteiger partial charge in [-0.15, -0.1) is 0 Å². The lowest BCUT2D eigenvalue weighted by atomic mass is 9.12. The van der Waals surface area contributed by atoms with E-state index in [4.69, 9.17) is 0 Å². The van der Waals surface area contributed by atoms with Crippen LogP contribution in [0.4, 0.5) is 105 Å². The van der Waals surface area contributed by atoms with Gasteiger partial charge in [-0.05, 0) is 24.3 Å². The number of aryl methyl sites for hydroxylation is 1. The van der Waals surface area contributed by atoms with Gasteiger partial charge < -0.3 is 0 Å². The fourth-order valence-corrected chi connectivity index (χ4v) is 7.93. The predicted octanol–water partition coefficient (Wildman–Crippen LogP) is 13.6. The molecule has 0 atom stereocenters. The first-order valence-corrected chi connectivity index (χ1v) is 20.5. The van der Waals surface area contributed by atoms with Gasteiger partial charge in [0.25, 0.3) is 0 Å². The van der Waals surface area contributed by atoms with Crippen LogP contribution in [0.15, 0.2) is 128 Å². The molecule has 0 N–H and O–H groups in total. The molecule has 0 aliphatic rings. The van der Waals surface area contributed by atoms with Crippen molar-refractivity contribution < 1.29 is 115 Å². The molecule has 74 heavy (non-hydrogen) atoms. The van der Waals surface area contributed by atoms with Crippen LogP contribution in [-0.4, -0.2) is 11.9 Å². The maximum Gasteiger partial charge on any atom is 0.416 e. The van der Waals surface area contributed by atoms with Crippen LogP contribution in [0.2, 0.25) is 0 Å². The zero-order valence-electron chi connectivity index (χ0n) is 36.5. The van der Waals surface area contributed by atoms with Gasteiger partial charge in [-0.2, -0.15) is 132 Å². The average Bonchev–Trinajstić information content (AvgIpc) is 3.27. The summed E-state index contributed by atoms with van der Waals surface area (Å²) >= 11 is 0. The zero-order chi connectivity index (χ0) is 56.0. The Balaban J connectivity index is 0.000000500. The monoisotopic (exact) mass is 1090 g/mol. The van der Waals surface area contributed by atoms with Gasteiger partial charge in [0.2, 0.25) is 12.3 Å². The SMILES string of the molecule is CCc1cccc[n+]1CC(=O)c1ccccc1.FC(F)(F)c1cc([B-](c2cc(C(F)(F)F)cc(C(F)(F)F)c2)(c2cc(C(F)(F)F)cc(C(F)(F)F)c2)c2cc(C(F)(F)F)cc(C(F)(F)F)c2)cc(C(F)(F)F)c1. The highest BCUT2D eigenvalue weighted by Crippen LogP contribution is 2.41. The smallest absolute Gasteiger partial charge is 0.287 e. The van der Waals surface area contributed by atoms with E-state index in [0.717, 1.165) is 12.0 Å². The third-order valence-electron chi connectivity index (χ3n) is 11.2. The molecular formula is C47H28BF24NO. The maximum absolute atomic E-state index is 14.2. The van der Waals surface area contributed by atoms with Crippen LogP contribution >= 0.6 is 0 Å². The van der Waals surface area contributed by atoms with Crippen molar-refractivity contribution in [1.29, 1.82) is 0 Å². The van der Waals surface area contributed by atoms with Crippen molar-refractivity contribution in [1.82, 2.24) is 0 Å².